The van der Waals surface area contributed by atoms with Crippen molar-refractivity contribution in [3.05, 3.63) is 70.2 Å². The molecule has 2 aromatic carbocycles. The van der Waals surface area contributed by atoms with Crippen molar-refractivity contribution in [3.8, 4) is 10.6 Å². The summed E-state index contributed by atoms with van der Waals surface area (Å²) in [6.45, 7) is 3.76. The molecule has 2 amide bonds. The summed E-state index contributed by atoms with van der Waals surface area (Å²) in [5, 5.41) is 5.03. The lowest BCUT2D eigenvalue weighted by molar-refractivity contribution is -0.137. The van der Waals surface area contributed by atoms with E-state index in [1.807, 2.05) is 26.0 Å². The first-order chi connectivity index (χ1) is 15.0. The maximum atomic E-state index is 12.7. The number of nitrogens with one attached hydrogen (secondary N) is 1. The van der Waals surface area contributed by atoms with E-state index in [0.29, 0.717) is 22.0 Å². The van der Waals surface area contributed by atoms with Crippen LogP contribution in [0.3, 0.4) is 0 Å². The molecule has 0 fully saturated rings. The van der Waals surface area contributed by atoms with Gasteiger partial charge >= 0.3 is 6.18 Å². The molecule has 9 heteroatoms. The summed E-state index contributed by atoms with van der Waals surface area (Å²) in [5.74, 6) is -0.594. The quantitative estimate of drug-likeness (QED) is 0.557. The van der Waals surface area contributed by atoms with Crippen LogP contribution in [0.15, 0.2) is 47.8 Å². The van der Waals surface area contributed by atoms with Crippen LogP contribution in [0, 0.1) is 13.8 Å². The normalized spacial score (nSPS) is 11.3. The van der Waals surface area contributed by atoms with Crippen LogP contribution in [-0.4, -0.2) is 35.3 Å². The van der Waals surface area contributed by atoms with E-state index in [-0.39, 0.29) is 24.8 Å². The molecule has 0 radical (unpaired) electrons. The van der Waals surface area contributed by atoms with E-state index >= 15 is 0 Å². The number of amides is 2. The third-order valence-electron chi connectivity index (χ3n) is 5.03. The van der Waals surface area contributed by atoms with Crippen molar-refractivity contribution in [2.24, 2.45) is 0 Å². The second-order valence-electron chi connectivity index (χ2n) is 7.44. The Morgan fingerprint density at radius 1 is 1.09 bits per heavy atom. The van der Waals surface area contributed by atoms with Gasteiger partial charge in [0.15, 0.2) is 0 Å². The molecule has 0 spiro atoms. The Labute approximate surface area is 187 Å². The van der Waals surface area contributed by atoms with Crippen LogP contribution in [0.25, 0.3) is 10.6 Å². The second kappa shape index (κ2) is 9.52. The zero-order valence-electron chi connectivity index (χ0n) is 17.8. The van der Waals surface area contributed by atoms with Gasteiger partial charge < -0.3 is 10.2 Å². The summed E-state index contributed by atoms with van der Waals surface area (Å²) < 4.78 is 38.1. The van der Waals surface area contributed by atoms with Crippen LogP contribution in [0.2, 0.25) is 0 Å². The van der Waals surface area contributed by atoms with E-state index < -0.39 is 11.7 Å². The topological polar surface area (TPSA) is 62.3 Å². The Morgan fingerprint density at radius 3 is 2.44 bits per heavy atom. The number of likely N-dealkylation sites (N-methyl/N-ethyl adjacent to an activating group) is 1. The number of carbonyl (C=O) groups is 2. The lowest BCUT2D eigenvalue weighted by atomic mass is 10.1. The minimum Gasteiger partial charge on any atom is -0.336 e. The summed E-state index contributed by atoms with van der Waals surface area (Å²) in [7, 11) is 1.54. The van der Waals surface area contributed by atoms with Gasteiger partial charge in [-0.2, -0.15) is 13.2 Å². The first kappa shape index (κ1) is 23.5. The molecule has 3 aromatic rings. The first-order valence-corrected chi connectivity index (χ1v) is 10.6. The second-order valence-corrected chi connectivity index (χ2v) is 8.30. The van der Waals surface area contributed by atoms with Gasteiger partial charge in [-0.05, 0) is 43.2 Å². The number of benzene rings is 2. The number of aryl methyl sites for hydroxylation is 1. The van der Waals surface area contributed by atoms with Gasteiger partial charge in [0.25, 0.3) is 0 Å². The molecule has 5 nitrogen and oxygen atoms in total. The molecular formula is C23H22F3N3O2S. The van der Waals surface area contributed by atoms with E-state index in [2.05, 4.69) is 10.3 Å². The number of nitrogens with zero attached hydrogens (tertiary/aromatic N) is 2. The van der Waals surface area contributed by atoms with Crippen molar-refractivity contribution in [1.82, 2.24) is 9.88 Å². The number of anilines is 1. The molecule has 0 aliphatic carbocycles. The Balaban J connectivity index is 1.58. The molecule has 0 atom stereocenters. The van der Waals surface area contributed by atoms with Gasteiger partial charge in [0.1, 0.15) is 5.01 Å². The van der Waals surface area contributed by atoms with Crippen molar-refractivity contribution in [2.75, 3.05) is 18.9 Å². The van der Waals surface area contributed by atoms with Crippen LogP contribution in [0.1, 0.15) is 22.4 Å². The van der Waals surface area contributed by atoms with Crippen molar-refractivity contribution in [3.63, 3.8) is 0 Å². The molecule has 168 valence electrons. The number of hydrogen-bond donors (Lipinski definition) is 1. The average Bonchev–Trinajstić information content (AvgIpc) is 3.19. The summed E-state index contributed by atoms with van der Waals surface area (Å²) in [6.07, 6.45) is -4.40. The molecule has 0 bridgehead atoms. The maximum absolute atomic E-state index is 12.7. The first-order valence-electron chi connectivity index (χ1n) is 9.76. The van der Waals surface area contributed by atoms with Gasteiger partial charge in [0.2, 0.25) is 11.8 Å². The van der Waals surface area contributed by atoms with Crippen LogP contribution >= 0.6 is 11.3 Å². The predicted octanol–water partition coefficient (Wildman–Crippen LogP) is 5.09. The Kier molecular flexibility index (Phi) is 6.98. The summed E-state index contributed by atoms with van der Waals surface area (Å²) in [5.41, 5.74) is 3.04. The van der Waals surface area contributed by atoms with Crippen molar-refractivity contribution < 1.29 is 22.8 Å². The lowest BCUT2D eigenvalue weighted by Crippen LogP contribution is -2.36. The van der Waals surface area contributed by atoms with Crippen molar-refractivity contribution in [1.29, 1.82) is 0 Å². The molecule has 0 saturated heterocycles. The monoisotopic (exact) mass is 461 g/mol. The summed E-state index contributed by atoms with van der Waals surface area (Å²) in [6, 6.07) is 10.3. The number of aromatic nitrogens is 1. The number of thiazole rings is 1. The SMILES string of the molecule is Cc1cccc(NC(=O)CN(C)C(=O)Cc2csc(-c3ccc(C(F)(F)F)cc3)n2)c1C. The Hall–Kier alpha value is -3.20. The lowest BCUT2D eigenvalue weighted by Gasteiger charge is -2.17. The van der Waals surface area contributed by atoms with E-state index in [1.165, 1.54) is 35.4 Å². The number of carbonyl (C=O) groups excluding carboxylic acids is 2. The van der Waals surface area contributed by atoms with Crippen molar-refractivity contribution in [2.45, 2.75) is 26.4 Å². The van der Waals surface area contributed by atoms with E-state index in [9.17, 15) is 22.8 Å². The van der Waals surface area contributed by atoms with Crippen molar-refractivity contribution >= 4 is 28.8 Å². The van der Waals surface area contributed by atoms with Crippen LogP contribution < -0.4 is 5.32 Å². The largest absolute Gasteiger partial charge is 0.416 e. The fraction of sp³-hybridized carbons (Fsp3) is 0.261. The molecule has 0 aliphatic rings. The third kappa shape index (κ3) is 5.73. The van der Waals surface area contributed by atoms with Gasteiger partial charge in [-0.3, -0.25) is 9.59 Å². The standard InChI is InChI=1S/C23H22F3N3O2S/c1-14-5-4-6-19(15(14)2)28-20(30)12-29(3)21(31)11-18-13-32-22(27-18)16-7-9-17(10-8-16)23(24,25)26/h4-10,13H,11-12H2,1-3H3,(H,28,30). The Morgan fingerprint density at radius 2 is 1.78 bits per heavy atom. The molecule has 0 unspecified atom stereocenters. The third-order valence-corrected chi connectivity index (χ3v) is 5.97. The number of rotatable bonds is 6. The molecule has 0 aliphatic heterocycles. The molecule has 1 N–H and O–H groups in total. The minimum atomic E-state index is -4.39. The zero-order chi connectivity index (χ0) is 23.5. The molecule has 3 rings (SSSR count). The number of hydrogen-bond acceptors (Lipinski definition) is 4. The molecule has 1 aromatic heterocycles. The fourth-order valence-electron chi connectivity index (χ4n) is 2.99. The van der Waals surface area contributed by atoms with E-state index in [1.54, 1.807) is 11.4 Å². The molecule has 0 saturated carbocycles. The van der Waals surface area contributed by atoms with Gasteiger partial charge in [-0.25, -0.2) is 4.98 Å². The van der Waals surface area contributed by atoms with Crippen LogP contribution in [0.4, 0.5) is 18.9 Å². The average molecular weight is 462 g/mol. The van der Waals surface area contributed by atoms with Crippen LogP contribution in [-0.2, 0) is 22.2 Å². The number of halogens is 3. The zero-order valence-corrected chi connectivity index (χ0v) is 18.6. The summed E-state index contributed by atoms with van der Waals surface area (Å²) >= 11 is 1.25. The minimum absolute atomic E-state index is 0.00954. The van der Waals surface area contributed by atoms with Crippen LogP contribution in [0.5, 0.6) is 0 Å². The highest BCUT2D eigenvalue weighted by molar-refractivity contribution is 7.13. The Bertz CT molecular complexity index is 1120. The van der Waals surface area contributed by atoms with Gasteiger partial charge in [0, 0.05) is 23.7 Å². The highest BCUT2D eigenvalue weighted by Gasteiger charge is 2.30. The highest BCUT2D eigenvalue weighted by atomic mass is 32.1. The molecule has 32 heavy (non-hydrogen) atoms. The summed E-state index contributed by atoms with van der Waals surface area (Å²) in [4.78, 5) is 30.5. The van der Waals surface area contributed by atoms with Gasteiger partial charge in [-0.1, -0.05) is 24.3 Å². The van der Waals surface area contributed by atoms with Gasteiger partial charge in [0.05, 0.1) is 24.2 Å². The molecule has 1 heterocycles. The van der Waals surface area contributed by atoms with Gasteiger partial charge in [-0.15, -0.1) is 11.3 Å². The molecular weight excluding hydrogens is 439 g/mol. The highest BCUT2D eigenvalue weighted by Crippen LogP contribution is 2.31. The van der Waals surface area contributed by atoms with E-state index in [4.69, 9.17) is 0 Å². The smallest absolute Gasteiger partial charge is 0.336 e. The predicted molar refractivity (Wildman–Crippen MR) is 118 cm³/mol. The fourth-order valence-corrected chi connectivity index (χ4v) is 3.82. The van der Waals surface area contributed by atoms with E-state index in [0.717, 1.165) is 23.3 Å². The number of alkyl halides is 3. The maximum Gasteiger partial charge on any atom is 0.416 e.